The van der Waals surface area contributed by atoms with Gasteiger partial charge in [-0.25, -0.2) is 0 Å². The van der Waals surface area contributed by atoms with Crippen molar-refractivity contribution in [2.24, 2.45) is 0 Å². The van der Waals surface area contributed by atoms with Crippen LogP contribution in [0.5, 0.6) is 0 Å². The van der Waals surface area contributed by atoms with E-state index in [0.717, 1.165) is 12.8 Å². The standard InChI is InChI=1S/C6H5NO2.C6H7N.3C2H6.CH4O/c8-7(9)6-4-2-1-3-5-6;7-6-4-2-1-3-5-6;4*1-2/h1-5H;1-5H,7H2;3*1-2H3;2H,1H3. The van der Waals surface area contributed by atoms with Gasteiger partial charge in [0.25, 0.3) is 5.69 Å². The van der Waals surface area contributed by atoms with Crippen LogP contribution in [0.3, 0.4) is 0 Å². The van der Waals surface area contributed by atoms with Crippen LogP contribution in [0.2, 0.25) is 0 Å². The van der Waals surface area contributed by atoms with E-state index >= 15 is 0 Å². The van der Waals surface area contributed by atoms with Crippen molar-refractivity contribution in [3.8, 4) is 0 Å². The first-order chi connectivity index (χ1) is 11.7. The summed E-state index contributed by atoms with van der Waals surface area (Å²) in [5, 5.41) is 17.0. The second kappa shape index (κ2) is 28.7. The molecule has 0 spiro atoms. The first kappa shape index (κ1) is 29.6. The van der Waals surface area contributed by atoms with E-state index in [-0.39, 0.29) is 5.69 Å². The molecule has 0 heterocycles. The lowest BCUT2D eigenvalue weighted by Crippen LogP contribution is -1.84. The lowest BCUT2D eigenvalue weighted by Gasteiger charge is -1.85. The molecule has 0 aliphatic heterocycles. The molecule has 0 amide bonds. The zero-order chi connectivity index (χ0) is 19.8. The largest absolute Gasteiger partial charge is 0.400 e. The average molecular weight is 338 g/mol. The van der Waals surface area contributed by atoms with Crippen molar-refractivity contribution in [2.75, 3.05) is 12.8 Å². The van der Waals surface area contributed by atoms with Crippen molar-refractivity contribution < 1.29 is 10.0 Å². The van der Waals surface area contributed by atoms with Crippen LogP contribution >= 0.6 is 0 Å². The number of nitro benzene ring substituents is 1. The van der Waals surface area contributed by atoms with Crippen molar-refractivity contribution in [1.82, 2.24) is 0 Å². The molecule has 0 aliphatic rings. The van der Waals surface area contributed by atoms with Crippen LogP contribution in [0.1, 0.15) is 41.5 Å². The lowest BCUT2D eigenvalue weighted by molar-refractivity contribution is -0.384. The van der Waals surface area contributed by atoms with Crippen molar-refractivity contribution in [1.29, 1.82) is 0 Å². The number of nitro groups is 1. The molecule has 5 nitrogen and oxygen atoms in total. The summed E-state index contributed by atoms with van der Waals surface area (Å²) >= 11 is 0. The first-order valence-corrected chi connectivity index (χ1v) is 8.15. The molecule has 0 radical (unpaired) electrons. The quantitative estimate of drug-likeness (QED) is 0.405. The van der Waals surface area contributed by atoms with Gasteiger partial charge in [-0.15, -0.1) is 0 Å². The van der Waals surface area contributed by atoms with Crippen LogP contribution in [0.4, 0.5) is 11.4 Å². The van der Waals surface area contributed by atoms with Crippen molar-refractivity contribution in [3.05, 3.63) is 70.8 Å². The number of non-ortho nitro benzene ring substituents is 1. The molecular weight excluding hydrogens is 304 g/mol. The number of nitrogen functional groups attached to an aromatic ring is 1. The molecule has 0 fully saturated rings. The Labute approximate surface area is 147 Å². The SMILES string of the molecule is CC.CC.CC.CO.Nc1ccccc1.O=[N+]([O-])c1ccccc1. The Balaban J connectivity index is -0.000000119. The van der Waals surface area contributed by atoms with Gasteiger partial charge in [-0.2, -0.15) is 0 Å². The Morgan fingerprint density at radius 3 is 1.21 bits per heavy atom. The number of aliphatic hydroxyl groups is 1. The summed E-state index contributed by atoms with van der Waals surface area (Å²) in [6.45, 7) is 12.0. The predicted octanol–water partition coefficient (Wildman–Crippen LogP) is 5.55. The van der Waals surface area contributed by atoms with Crippen molar-refractivity contribution >= 4 is 11.4 Å². The van der Waals surface area contributed by atoms with E-state index in [1.54, 1.807) is 18.2 Å². The first-order valence-electron chi connectivity index (χ1n) is 8.15. The molecule has 2 aromatic rings. The molecule has 5 heteroatoms. The van der Waals surface area contributed by atoms with Gasteiger partial charge in [0.1, 0.15) is 0 Å². The van der Waals surface area contributed by atoms with E-state index < -0.39 is 4.92 Å². The lowest BCUT2D eigenvalue weighted by atomic mass is 10.3. The number of rotatable bonds is 1. The van der Waals surface area contributed by atoms with Gasteiger partial charge in [0.05, 0.1) is 4.92 Å². The van der Waals surface area contributed by atoms with E-state index in [9.17, 15) is 10.1 Å². The van der Waals surface area contributed by atoms with Crippen LogP contribution in [0.25, 0.3) is 0 Å². The normalized spacial score (nSPS) is 6.83. The minimum Gasteiger partial charge on any atom is -0.400 e. The molecule has 0 saturated heterocycles. The Morgan fingerprint density at radius 2 is 1.04 bits per heavy atom. The highest BCUT2D eigenvalue weighted by molar-refractivity contribution is 5.35. The van der Waals surface area contributed by atoms with Crippen LogP contribution < -0.4 is 5.73 Å². The molecule has 0 aromatic heterocycles. The summed E-state index contributed by atoms with van der Waals surface area (Å²) in [5.74, 6) is 0. The molecule has 138 valence electrons. The monoisotopic (exact) mass is 338 g/mol. The molecule has 0 bridgehead atoms. The molecule has 0 atom stereocenters. The van der Waals surface area contributed by atoms with Crippen LogP contribution in [0.15, 0.2) is 60.7 Å². The maximum atomic E-state index is 10.0. The summed E-state index contributed by atoms with van der Waals surface area (Å²) < 4.78 is 0. The maximum absolute atomic E-state index is 10.0. The summed E-state index contributed by atoms with van der Waals surface area (Å²) in [7, 11) is 1.00. The zero-order valence-electron chi connectivity index (χ0n) is 16.1. The fourth-order valence-electron chi connectivity index (χ4n) is 1.00. The molecule has 3 N–H and O–H groups in total. The summed E-state index contributed by atoms with van der Waals surface area (Å²) in [4.78, 5) is 9.59. The molecule has 2 aromatic carbocycles. The minimum atomic E-state index is -0.417. The van der Waals surface area contributed by atoms with Gasteiger partial charge in [0, 0.05) is 24.9 Å². The molecule has 24 heavy (non-hydrogen) atoms. The Morgan fingerprint density at radius 1 is 0.750 bits per heavy atom. The van der Waals surface area contributed by atoms with E-state index in [1.165, 1.54) is 12.1 Å². The van der Waals surface area contributed by atoms with Crippen LogP contribution in [-0.2, 0) is 0 Å². The minimum absolute atomic E-state index is 0.137. The van der Waals surface area contributed by atoms with Crippen LogP contribution in [0, 0.1) is 10.1 Å². The van der Waals surface area contributed by atoms with E-state index in [0.29, 0.717) is 0 Å². The van der Waals surface area contributed by atoms with Gasteiger partial charge < -0.3 is 10.8 Å². The van der Waals surface area contributed by atoms with E-state index in [4.69, 9.17) is 10.8 Å². The second-order valence-electron chi connectivity index (χ2n) is 3.00. The average Bonchev–Trinajstić information content (AvgIpc) is 2.70. The molecular formula is C19H34N2O3. The fraction of sp³-hybridized carbons (Fsp3) is 0.368. The third kappa shape index (κ3) is 21.9. The zero-order valence-corrected chi connectivity index (χ0v) is 16.1. The summed E-state index contributed by atoms with van der Waals surface area (Å²) in [6.07, 6.45) is 0. The maximum Gasteiger partial charge on any atom is 0.269 e. The molecule has 0 unspecified atom stereocenters. The van der Waals surface area contributed by atoms with E-state index in [2.05, 4.69) is 0 Å². The summed E-state index contributed by atoms with van der Waals surface area (Å²) in [5.41, 5.74) is 6.32. The van der Waals surface area contributed by atoms with Crippen LogP contribution in [-0.4, -0.2) is 17.1 Å². The number of para-hydroxylation sites is 2. The third-order valence-electron chi connectivity index (χ3n) is 1.77. The predicted molar refractivity (Wildman–Crippen MR) is 106 cm³/mol. The smallest absolute Gasteiger partial charge is 0.269 e. The highest BCUT2D eigenvalue weighted by Gasteiger charge is 1.98. The number of anilines is 1. The van der Waals surface area contributed by atoms with Gasteiger partial charge in [-0.3, -0.25) is 10.1 Å². The van der Waals surface area contributed by atoms with Crippen molar-refractivity contribution in [3.63, 3.8) is 0 Å². The topological polar surface area (TPSA) is 89.4 Å². The Hall–Kier alpha value is -2.40. The third-order valence-corrected chi connectivity index (χ3v) is 1.77. The Bertz CT molecular complexity index is 435. The number of hydrogen-bond acceptors (Lipinski definition) is 4. The van der Waals surface area contributed by atoms with E-state index in [1.807, 2.05) is 71.9 Å². The van der Waals surface area contributed by atoms with Crippen molar-refractivity contribution in [2.45, 2.75) is 41.5 Å². The number of nitrogens with zero attached hydrogens (tertiary/aromatic N) is 1. The highest BCUT2D eigenvalue weighted by Crippen LogP contribution is 2.06. The van der Waals surface area contributed by atoms with Gasteiger partial charge in [-0.1, -0.05) is 77.9 Å². The summed E-state index contributed by atoms with van der Waals surface area (Å²) in [6, 6.07) is 17.4. The molecule has 0 aliphatic carbocycles. The number of benzene rings is 2. The second-order valence-corrected chi connectivity index (χ2v) is 3.00. The van der Waals surface area contributed by atoms with Gasteiger partial charge in [-0.05, 0) is 12.1 Å². The van der Waals surface area contributed by atoms with Gasteiger partial charge in [0.2, 0.25) is 0 Å². The molecule has 0 saturated carbocycles. The molecule has 2 rings (SSSR count). The highest BCUT2D eigenvalue weighted by atomic mass is 16.6. The number of aliphatic hydroxyl groups excluding tert-OH is 1. The van der Waals surface area contributed by atoms with Gasteiger partial charge >= 0.3 is 0 Å². The number of nitrogens with two attached hydrogens (primary N) is 1. The Kier molecular flexibility index (Phi) is 35.4. The van der Waals surface area contributed by atoms with Gasteiger partial charge in [0.15, 0.2) is 0 Å². The number of hydrogen-bond donors (Lipinski definition) is 2. The fourth-order valence-corrected chi connectivity index (χ4v) is 1.00.